The van der Waals surface area contributed by atoms with Crippen molar-refractivity contribution in [2.45, 2.75) is 10.8 Å². The minimum atomic E-state index is -3.57. The lowest BCUT2D eigenvalue weighted by molar-refractivity contribution is 0.603. The van der Waals surface area contributed by atoms with Crippen LogP contribution in [0.5, 0.6) is 0 Å². The van der Waals surface area contributed by atoms with Crippen molar-refractivity contribution in [2.24, 2.45) is 5.73 Å². The smallest absolute Gasteiger partial charge is 0.271 e. The Morgan fingerprint density at radius 1 is 1.39 bits per heavy atom. The molecule has 0 atom stereocenters. The van der Waals surface area contributed by atoms with E-state index in [2.05, 4.69) is 25.6 Å². The second-order valence-corrected chi connectivity index (χ2v) is 7.42. The van der Waals surface area contributed by atoms with Crippen LogP contribution in [0.4, 0.5) is 5.69 Å². The Morgan fingerprint density at radius 2 is 2.17 bits per heavy atom. The number of nitrogens with two attached hydrogens (primary N) is 1. The lowest BCUT2D eigenvalue weighted by Gasteiger charge is -2.05. The molecule has 2 aromatic rings. The van der Waals surface area contributed by atoms with Crippen molar-refractivity contribution in [3.8, 4) is 0 Å². The third kappa shape index (κ3) is 3.08. The first-order chi connectivity index (χ1) is 8.51. The van der Waals surface area contributed by atoms with E-state index in [1.54, 1.807) is 24.4 Å². The Bertz CT molecular complexity index is 655. The highest BCUT2D eigenvalue weighted by molar-refractivity contribution is 9.10. The van der Waals surface area contributed by atoms with Crippen LogP contribution in [0.2, 0.25) is 0 Å². The van der Waals surface area contributed by atoms with Gasteiger partial charge in [-0.25, -0.2) is 8.42 Å². The molecule has 0 bridgehead atoms. The van der Waals surface area contributed by atoms with Crippen LogP contribution in [0.1, 0.15) is 4.88 Å². The Morgan fingerprint density at radius 3 is 2.78 bits per heavy atom. The largest absolute Gasteiger partial charge is 0.326 e. The number of hydrogen-bond acceptors (Lipinski definition) is 5. The second-order valence-electron chi connectivity index (χ2n) is 3.42. The second kappa shape index (κ2) is 5.35. The highest BCUT2D eigenvalue weighted by atomic mass is 79.9. The number of anilines is 1. The Labute approximate surface area is 117 Å². The van der Waals surface area contributed by atoms with Crippen LogP contribution in [-0.2, 0) is 16.6 Å². The molecule has 0 saturated heterocycles. The lowest BCUT2D eigenvalue weighted by atomic mass is 10.4. The van der Waals surface area contributed by atoms with Crippen LogP contribution in [0, 0.1) is 0 Å². The molecule has 0 aliphatic heterocycles. The average Bonchev–Trinajstić information content (AvgIpc) is 2.77. The van der Waals surface area contributed by atoms with Gasteiger partial charge in [-0.2, -0.15) is 0 Å². The first-order valence-electron chi connectivity index (χ1n) is 4.93. The van der Waals surface area contributed by atoms with E-state index in [0.717, 1.165) is 16.2 Å². The summed E-state index contributed by atoms with van der Waals surface area (Å²) in [5.41, 5.74) is 5.87. The summed E-state index contributed by atoms with van der Waals surface area (Å²) in [5, 5.41) is 0. The predicted molar refractivity (Wildman–Crippen MR) is 75.0 cm³/mol. The molecule has 96 valence electrons. The highest BCUT2D eigenvalue weighted by Crippen LogP contribution is 2.24. The van der Waals surface area contributed by atoms with E-state index >= 15 is 0 Å². The van der Waals surface area contributed by atoms with Gasteiger partial charge in [-0.15, -0.1) is 11.3 Å². The van der Waals surface area contributed by atoms with E-state index in [1.807, 2.05) is 0 Å². The standard InChI is InChI=1S/C10H10BrN3O2S2/c11-7-3-8(6-13-5-7)14-18(15,16)10-2-1-9(4-12)17-10/h1-3,5-6,14H,4,12H2. The molecule has 0 aliphatic rings. The quantitative estimate of drug-likeness (QED) is 0.887. The maximum absolute atomic E-state index is 12.1. The molecule has 0 saturated carbocycles. The summed E-state index contributed by atoms with van der Waals surface area (Å²) < 4.78 is 27.5. The highest BCUT2D eigenvalue weighted by Gasteiger charge is 2.16. The molecule has 0 aromatic carbocycles. The zero-order chi connectivity index (χ0) is 13.2. The van der Waals surface area contributed by atoms with Crippen LogP contribution in [0.3, 0.4) is 0 Å². The summed E-state index contributed by atoms with van der Waals surface area (Å²) in [6.45, 7) is 0.332. The number of hydrogen-bond donors (Lipinski definition) is 2. The molecule has 0 spiro atoms. The molecular weight excluding hydrogens is 338 g/mol. The SMILES string of the molecule is NCc1ccc(S(=O)(=O)Nc2cncc(Br)c2)s1. The average molecular weight is 348 g/mol. The third-order valence-corrected chi connectivity index (χ3v) is 5.47. The van der Waals surface area contributed by atoms with Gasteiger partial charge >= 0.3 is 0 Å². The van der Waals surface area contributed by atoms with Crippen molar-refractivity contribution in [3.05, 3.63) is 39.9 Å². The maximum atomic E-state index is 12.1. The van der Waals surface area contributed by atoms with Gasteiger partial charge in [0, 0.05) is 22.1 Å². The van der Waals surface area contributed by atoms with Gasteiger partial charge in [-0.1, -0.05) is 0 Å². The summed E-state index contributed by atoms with van der Waals surface area (Å²) in [5.74, 6) is 0. The number of rotatable bonds is 4. The number of pyridine rings is 1. The number of sulfonamides is 1. The normalized spacial score (nSPS) is 11.4. The van der Waals surface area contributed by atoms with E-state index in [-0.39, 0.29) is 4.21 Å². The van der Waals surface area contributed by atoms with Crippen molar-refractivity contribution in [3.63, 3.8) is 0 Å². The van der Waals surface area contributed by atoms with Gasteiger partial charge in [0.05, 0.1) is 11.9 Å². The van der Waals surface area contributed by atoms with Crippen LogP contribution in [-0.4, -0.2) is 13.4 Å². The van der Waals surface area contributed by atoms with Crippen molar-refractivity contribution < 1.29 is 8.42 Å². The number of halogens is 1. The summed E-state index contributed by atoms with van der Waals surface area (Å²) >= 11 is 4.39. The van der Waals surface area contributed by atoms with Gasteiger partial charge in [-0.3, -0.25) is 9.71 Å². The van der Waals surface area contributed by atoms with Gasteiger partial charge in [0.2, 0.25) is 0 Å². The van der Waals surface area contributed by atoms with Crippen molar-refractivity contribution in [1.29, 1.82) is 0 Å². The maximum Gasteiger partial charge on any atom is 0.271 e. The van der Waals surface area contributed by atoms with Crippen LogP contribution < -0.4 is 10.5 Å². The van der Waals surface area contributed by atoms with Crippen molar-refractivity contribution >= 4 is 43.0 Å². The molecule has 0 aliphatic carbocycles. The molecule has 18 heavy (non-hydrogen) atoms. The van der Waals surface area contributed by atoms with E-state index < -0.39 is 10.0 Å². The Kier molecular flexibility index (Phi) is 4.00. The topological polar surface area (TPSA) is 85.1 Å². The fourth-order valence-corrected chi connectivity index (χ4v) is 3.92. The van der Waals surface area contributed by atoms with Crippen LogP contribution in [0.15, 0.2) is 39.3 Å². The monoisotopic (exact) mass is 347 g/mol. The molecule has 2 heterocycles. The zero-order valence-electron chi connectivity index (χ0n) is 9.13. The first kappa shape index (κ1) is 13.5. The van der Waals surface area contributed by atoms with Gasteiger partial charge in [0.25, 0.3) is 10.0 Å². The Hall–Kier alpha value is -0.960. The summed E-state index contributed by atoms with van der Waals surface area (Å²) in [4.78, 5) is 4.71. The molecule has 0 unspecified atom stereocenters. The number of thiophene rings is 1. The molecule has 8 heteroatoms. The number of nitrogens with zero attached hydrogens (tertiary/aromatic N) is 1. The summed E-state index contributed by atoms with van der Waals surface area (Å²) in [6, 6.07) is 4.89. The van der Waals surface area contributed by atoms with E-state index in [1.165, 1.54) is 6.20 Å². The summed E-state index contributed by atoms with van der Waals surface area (Å²) in [7, 11) is -3.57. The van der Waals surface area contributed by atoms with Crippen LogP contribution >= 0.6 is 27.3 Å². The fraction of sp³-hybridized carbons (Fsp3) is 0.100. The molecule has 0 radical (unpaired) electrons. The number of nitrogens with one attached hydrogen (secondary N) is 1. The van der Waals surface area contributed by atoms with E-state index in [0.29, 0.717) is 16.7 Å². The molecule has 0 fully saturated rings. The van der Waals surface area contributed by atoms with Gasteiger partial charge in [0.1, 0.15) is 4.21 Å². The number of aromatic nitrogens is 1. The van der Waals surface area contributed by atoms with Gasteiger partial charge in [0.15, 0.2) is 0 Å². The van der Waals surface area contributed by atoms with Crippen molar-refractivity contribution in [2.75, 3.05) is 4.72 Å². The van der Waals surface area contributed by atoms with E-state index in [9.17, 15) is 8.42 Å². The Balaban J connectivity index is 2.27. The predicted octanol–water partition coefficient (Wildman–Crippen LogP) is 2.17. The van der Waals surface area contributed by atoms with Crippen LogP contribution in [0.25, 0.3) is 0 Å². The molecule has 2 rings (SSSR count). The zero-order valence-corrected chi connectivity index (χ0v) is 12.3. The minimum Gasteiger partial charge on any atom is -0.326 e. The molecule has 3 N–H and O–H groups in total. The minimum absolute atomic E-state index is 0.239. The molecule has 0 amide bonds. The molecule has 5 nitrogen and oxygen atoms in total. The fourth-order valence-electron chi connectivity index (χ4n) is 1.29. The van der Waals surface area contributed by atoms with Gasteiger partial charge in [-0.05, 0) is 34.1 Å². The molecule has 2 aromatic heterocycles. The van der Waals surface area contributed by atoms with Gasteiger partial charge < -0.3 is 5.73 Å². The van der Waals surface area contributed by atoms with E-state index in [4.69, 9.17) is 5.73 Å². The lowest BCUT2D eigenvalue weighted by Crippen LogP contribution is -2.11. The first-order valence-corrected chi connectivity index (χ1v) is 8.03. The molecular formula is C10H10BrN3O2S2. The summed E-state index contributed by atoms with van der Waals surface area (Å²) in [6.07, 6.45) is 3.02. The third-order valence-electron chi connectivity index (χ3n) is 2.06. The van der Waals surface area contributed by atoms with Crippen molar-refractivity contribution in [1.82, 2.24) is 4.98 Å².